The molecule has 0 aromatic heterocycles. The van der Waals surface area contributed by atoms with Gasteiger partial charge in [-0.3, -0.25) is 4.79 Å². The summed E-state index contributed by atoms with van der Waals surface area (Å²) in [6, 6.07) is 0. The van der Waals surface area contributed by atoms with Crippen molar-refractivity contribution in [2.75, 3.05) is 0 Å². The first-order valence-electron chi connectivity index (χ1n) is 6.60. The molecule has 2 saturated carbocycles. The fourth-order valence-corrected chi connectivity index (χ4v) is 5.10. The molecule has 4 rings (SSSR count). The number of allylic oxidation sites excluding steroid dienone is 2. The van der Waals surface area contributed by atoms with Gasteiger partial charge in [-0.2, -0.15) is 0 Å². The lowest BCUT2D eigenvalue weighted by molar-refractivity contribution is -0.164. The van der Waals surface area contributed by atoms with Gasteiger partial charge in [0.2, 0.25) is 0 Å². The third-order valence-electron chi connectivity index (χ3n) is 5.75. The normalized spacial score (nSPS) is 49.1. The summed E-state index contributed by atoms with van der Waals surface area (Å²) in [5, 5.41) is 0. The van der Waals surface area contributed by atoms with Crippen molar-refractivity contribution in [3.8, 4) is 0 Å². The van der Waals surface area contributed by atoms with E-state index < -0.39 is 0 Å². The molecule has 0 aromatic carbocycles. The van der Waals surface area contributed by atoms with Crippen LogP contribution in [0.15, 0.2) is 11.6 Å². The molecule has 0 aliphatic heterocycles. The summed E-state index contributed by atoms with van der Waals surface area (Å²) in [4.78, 5) is 12.2. The molecule has 0 heterocycles. The molecule has 16 heavy (non-hydrogen) atoms. The number of ketones is 1. The topological polar surface area (TPSA) is 17.1 Å². The van der Waals surface area contributed by atoms with Gasteiger partial charge in [-0.15, -0.1) is 0 Å². The van der Waals surface area contributed by atoms with Crippen LogP contribution in [0.4, 0.5) is 0 Å². The van der Waals surface area contributed by atoms with Crippen LogP contribution < -0.4 is 0 Å². The lowest BCUT2D eigenvalue weighted by atomic mass is 9.38. The van der Waals surface area contributed by atoms with Gasteiger partial charge in [0.25, 0.3) is 0 Å². The van der Waals surface area contributed by atoms with Crippen molar-refractivity contribution >= 4 is 5.78 Å². The Labute approximate surface area is 98.3 Å². The van der Waals surface area contributed by atoms with Gasteiger partial charge in [-0.1, -0.05) is 32.8 Å². The summed E-state index contributed by atoms with van der Waals surface area (Å²) in [5.41, 5.74) is 2.01. The maximum absolute atomic E-state index is 12.2. The van der Waals surface area contributed by atoms with Crippen molar-refractivity contribution in [2.45, 2.75) is 47.0 Å². The first-order valence-corrected chi connectivity index (χ1v) is 6.60. The van der Waals surface area contributed by atoms with E-state index in [0.29, 0.717) is 34.4 Å². The molecule has 0 saturated heterocycles. The molecular weight excluding hydrogens is 196 g/mol. The number of fused-ring (bicyclic) bond motifs is 1. The van der Waals surface area contributed by atoms with E-state index in [0.717, 1.165) is 0 Å². The molecule has 4 atom stereocenters. The van der Waals surface area contributed by atoms with Crippen LogP contribution in [0, 0.1) is 28.6 Å². The Bertz CT molecular complexity index is 390. The average Bonchev–Trinajstić information content (AvgIpc) is 2.28. The zero-order valence-corrected chi connectivity index (χ0v) is 10.8. The van der Waals surface area contributed by atoms with E-state index >= 15 is 0 Å². The molecule has 1 nitrogen and oxygen atoms in total. The quantitative estimate of drug-likeness (QED) is 0.607. The fourth-order valence-electron chi connectivity index (χ4n) is 5.10. The van der Waals surface area contributed by atoms with Crippen LogP contribution in [0.25, 0.3) is 0 Å². The van der Waals surface area contributed by atoms with Crippen LogP contribution in [0.2, 0.25) is 0 Å². The standard InChI is InChI=1S/C15H22O/c1-9-8-10(16)12-13-11(9)15(12,4)7-5-6-14(13,2)3/h8,11-13H,5-7H2,1-4H3/t11-,12?,13?,15+/m1/s1. The van der Waals surface area contributed by atoms with Gasteiger partial charge in [0.05, 0.1) is 0 Å². The van der Waals surface area contributed by atoms with Crippen molar-refractivity contribution in [3.63, 3.8) is 0 Å². The number of rotatable bonds is 0. The molecule has 0 aromatic rings. The van der Waals surface area contributed by atoms with Gasteiger partial charge in [0.1, 0.15) is 0 Å². The SMILES string of the molecule is CC1=CC(=O)C2C3[C@@H]1[C@]2(C)CCCC3(C)C. The summed E-state index contributed by atoms with van der Waals surface area (Å²) in [6.45, 7) is 9.27. The van der Waals surface area contributed by atoms with E-state index in [2.05, 4.69) is 27.7 Å². The number of hydrogen-bond donors (Lipinski definition) is 0. The second-order valence-electron chi connectivity index (χ2n) is 7.12. The third kappa shape index (κ3) is 1.00. The smallest absolute Gasteiger partial charge is 0.159 e. The van der Waals surface area contributed by atoms with Crippen molar-refractivity contribution in [1.82, 2.24) is 0 Å². The Morgan fingerprint density at radius 3 is 2.50 bits per heavy atom. The molecule has 0 spiro atoms. The van der Waals surface area contributed by atoms with Gasteiger partial charge in [-0.25, -0.2) is 0 Å². The molecule has 0 N–H and O–H groups in total. The first kappa shape index (κ1) is 10.6. The van der Waals surface area contributed by atoms with Gasteiger partial charge in [0.15, 0.2) is 5.78 Å². The molecule has 0 radical (unpaired) electrons. The van der Waals surface area contributed by atoms with E-state index in [1.165, 1.54) is 24.8 Å². The van der Waals surface area contributed by atoms with E-state index in [9.17, 15) is 4.79 Å². The third-order valence-corrected chi connectivity index (χ3v) is 5.75. The summed E-state index contributed by atoms with van der Waals surface area (Å²) in [5.74, 6) is 2.06. The van der Waals surface area contributed by atoms with Crippen LogP contribution in [-0.2, 0) is 4.79 Å². The predicted octanol–water partition coefficient (Wildman–Crippen LogP) is 3.59. The largest absolute Gasteiger partial charge is 0.295 e. The highest BCUT2D eigenvalue weighted by molar-refractivity contribution is 5.96. The second kappa shape index (κ2) is 2.80. The molecule has 4 bridgehead atoms. The Hall–Kier alpha value is -0.590. The van der Waals surface area contributed by atoms with Crippen molar-refractivity contribution in [3.05, 3.63) is 11.6 Å². The molecule has 2 unspecified atom stereocenters. The molecule has 0 amide bonds. The molecule has 1 heteroatoms. The highest BCUT2D eigenvalue weighted by Crippen LogP contribution is 2.71. The highest BCUT2D eigenvalue weighted by atomic mass is 16.1. The fraction of sp³-hybridized carbons (Fsp3) is 0.800. The lowest BCUT2D eigenvalue weighted by Gasteiger charge is -2.64. The minimum atomic E-state index is 0.300. The maximum Gasteiger partial charge on any atom is 0.159 e. The van der Waals surface area contributed by atoms with Crippen LogP contribution in [0.3, 0.4) is 0 Å². The van der Waals surface area contributed by atoms with Gasteiger partial charge in [-0.05, 0) is 48.5 Å². The number of carbonyl (C=O) groups excluding carboxylic acids is 1. The Balaban J connectivity index is 2.13. The molecule has 4 aliphatic carbocycles. The Kier molecular flexibility index (Phi) is 1.85. The second-order valence-corrected chi connectivity index (χ2v) is 7.12. The summed E-state index contributed by atoms with van der Waals surface area (Å²) < 4.78 is 0. The van der Waals surface area contributed by atoms with Crippen molar-refractivity contribution in [2.24, 2.45) is 28.6 Å². The summed E-state index contributed by atoms with van der Waals surface area (Å²) >= 11 is 0. The van der Waals surface area contributed by atoms with E-state index in [4.69, 9.17) is 0 Å². The number of hydrogen-bond acceptors (Lipinski definition) is 1. The van der Waals surface area contributed by atoms with E-state index in [-0.39, 0.29) is 0 Å². The first-order chi connectivity index (χ1) is 7.38. The van der Waals surface area contributed by atoms with Crippen LogP contribution >= 0.6 is 0 Å². The van der Waals surface area contributed by atoms with Crippen molar-refractivity contribution < 1.29 is 4.79 Å². The van der Waals surface area contributed by atoms with E-state index in [1.807, 2.05) is 6.08 Å². The minimum Gasteiger partial charge on any atom is -0.295 e. The minimum absolute atomic E-state index is 0.300. The van der Waals surface area contributed by atoms with Crippen LogP contribution in [-0.4, -0.2) is 5.78 Å². The average molecular weight is 218 g/mol. The van der Waals surface area contributed by atoms with Crippen molar-refractivity contribution in [1.29, 1.82) is 0 Å². The zero-order valence-electron chi connectivity index (χ0n) is 10.8. The molecule has 4 aliphatic rings. The Morgan fingerprint density at radius 2 is 1.88 bits per heavy atom. The van der Waals surface area contributed by atoms with Gasteiger partial charge in [0, 0.05) is 5.92 Å². The lowest BCUT2D eigenvalue weighted by Crippen LogP contribution is -2.63. The Morgan fingerprint density at radius 1 is 1.19 bits per heavy atom. The molecular formula is C15H22O. The number of carbonyl (C=O) groups is 1. The zero-order chi connectivity index (χ0) is 11.7. The van der Waals surface area contributed by atoms with E-state index in [1.54, 1.807) is 0 Å². The van der Waals surface area contributed by atoms with Crippen LogP contribution in [0.1, 0.15) is 47.0 Å². The van der Waals surface area contributed by atoms with Crippen LogP contribution in [0.5, 0.6) is 0 Å². The maximum atomic E-state index is 12.2. The highest BCUT2D eigenvalue weighted by Gasteiger charge is 2.67. The molecule has 88 valence electrons. The predicted molar refractivity (Wildman–Crippen MR) is 65.0 cm³/mol. The van der Waals surface area contributed by atoms with Gasteiger partial charge >= 0.3 is 0 Å². The summed E-state index contributed by atoms with van der Waals surface area (Å²) in [6.07, 6.45) is 5.77. The monoisotopic (exact) mass is 218 g/mol. The molecule has 2 fully saturated rings. The van der Waals surface area contributed by atoms with Gasteiger partial charge < -0.3 is 0 Å². The summed E-state index contributed by atoms with van der Waals surface area (Å²) in [7, 11) is 0.